The van der Waals surface area contributed by atoms with E-state index < -0.39 is 17.5 Å². The average molecular weight is 325 g/mol. The number of benzene rings is 1. The van der Waals surface area contributed by atoms with Gasteiger partial charge >= 0.3 is 0 Å². The lowest BCUT2D eigenvalue weighted by Crippen LogP contribution is -2.02. The third-order valence-electron chi connectivity index (χ3n) is 2.95. The van der Waals surface area contributed by atoms with E-state index >= 15 is 0 Å². The van der Waals surface area contributed by atoms with Gasteiger partial charge in [0.2, 0.25) is 0 Å². The largest absolute Gasteiger partial charge is 0.378 e. The molecule has 0 aliphatic carbocycles. The summed E-state index contributed by atoms with van der Waals surface area (Å²) in [6, 6.07) is 8.11. The van der Waals surface area contributed by atoms with Crippen molar-refractivity contribution in [1.29, 1.82) is 0 Å². The maximum absolute atomic E-state index is 13.5. The summed E-state index contributed by atoms with van der Waals surface area (Å²) in [4.78, 5) is 2.15. The topological polar surface area (TPSA) is 12.0 Å². The molecule has 108 valence electrons. The van der Waals surface area contributed by atoms with Crippen LogP contribution in [0.5, 0.6) is 0 Å². The van der Waals surface area contributed by atoms with E-state index in [-0.39, 0.29) is 5.69 Å². The number of thiophene rings is 2. The fraction of sp³-hybridized carbons (Fsp3) is 0.0667. The highest BCUT2D eigenvalue weighted by molar-refractivity contribution is 7.14. The van der Waals surface area contributed by atoms with Gasteiger partial charge < -0.3 is 5.32 Å². The van der Waals surface area contributed by atoms with E-state index in [4.69, 9.17) is 0 Å². The molecule has 0 spiro atoms. The van der Waals surface area contributed by atoms with Crippen molar-refractivity contribution >= 4 is 28.4 Å². The molecule has 2 aromatic heterocycles. The van der Waals surface area contributed by atoms with Gasteiger partial charge in [0.05, 0.1) is 5.69 Å². The Kier molecular flexibility index (Phi) is 3.98. The Morgan fingerprint density at radius 3 is 2.62 bits per heavy atom. The molecule has 0 unspecified atom stereocenters. The van der Waals surface area contributed by atoms with E-state index in [2.05, 4.69) is 5.32 Å². The Bertz CT molecular complexity index is 750. The molecule has 21 heavy (non-hydrogen) atoms. The smallest absolute Gasteiger partial charge is 0.196 e. The van der Waals surface area contributed by atoms with Gasteiger partial charge in [-0.05, 0) is 35.0 Å². The zero-order chi connectivity index (χ0) is 14.8. The monoisotopic (exact) mass is 325 g/mol. The fourth-order valence-corrected chi connectivity index (χ4v) is 3.50. The van der Waals surface area contributed by atoms with E-state index in [0.29, 0.717) is 6.54 Å². The fourth-order valence-electron chi connectivity index (χ4n) is 1.89. The molecular formula is C15H10F3NS2. The van der Waals surface area contributed by atoms with Gasteiger partial charge in [0, 0.05) is 21.9 Å². The number of anilines is 1. The molecule has 0 aliphatic rings. The summed E-state index contributed by atoms with van der Waals surface area (Å²) < 4.78 is 39.5. The first-order chi connectivity index (χ1) is 10.1. The lowest BCUT2D eigenvalue weighted by Gasteiger charge is -2.07. The van der Waals surface area contributed by atoms with Gasteiger partial charge in [-0.2, -0.15) is 0 Å². The molecule has 0 bridgehead atoms. The number of hydrogen-bond acceptors (Lipinski definition) is 3. The maximum Gasteiger partial charge on any atom is 0.196 e. The van der Waals surface area contributed by atoms with Crippen LogP contribution in [0, 0.1) is 17.5 Å². The highest BCUT2D eigenvalue weighted by atomic mass is 32.1. The van der Waals surface area contributed by atoms with Crippen LogP contribution in [-0.2, 0) is 6.54 Å². The molecule has 0 aliphatic heterocycles. The van der Waals surface area contributed by atoms with Gasteiger partial charge in [-0.25, -0.2) is 13.2 Å². The number of nitrogens with one attached hydrogen (secondary N) is 1. The second-order valence-corrected chi connectivity index (χ2v) is 6.30. The molecule has 3 aromatic rings. The molecule has 1 nitrogen and oxygen atoms in total. The van der Waals surface area contributed by atoms with Crippen LogP contribution >= 0.6 is 22.7 Å². The van der Waals surface area contributed by atoms with Crippen molar-refractivity contribution in [2.24, 2.45) is 0 Å². The van der Waals surface area contributed by atoms with Crippen LogP contribution in [0.1, 0.15) is 4.88 Å². The molecule has 2 heterocycles. The number of halogens is 3. The molecule has 6 heteroatoms. The van der Waals surface area contributed by atoms with Crippen molar-refractivity contribution in [3.05, 3.63) is 63.4 Å². The average Bonchev–Trinajstić information content (AvgIpc) is 3.14. The Labute approximate surface area is 127 Å². The summed E-state index contributed by atoms with van der Waals surface area (Å²) >= 11 is 3.18. The first-order valence-corrected chi connectivity index (χ1v) is 7.90. The van der Waals surface area contributed by atoms with Crippen LogP contribution in [0.2, 0.25) is 0 Å². The van der Waals surface area contributed by atoms with Crippen molar-refractivity contribution in [2.75, 3.05) is 5.32 Å². The zero-order valence-electron chi connectivity index (χ0n) is 10.7. The molecular weight excluding hydrogens is 315 g/mol. The summed E-state index contributed by atoms with van der Waals surface area (Å²) in [6.45, 7) is 0.359. The second-order valence-electron chi connectivity index (χ2n) is 4.36. The van der Waals surface area contributed by atoms with E-state index in [1.165, 1.54) is 17.4 Å². The van der Waals surface area contributed by atoms with Crippen LogP contribution in [0.3, 0.4) is 0 Å². The highest BCUT2D eigenvalue weighted by Gasteiger charge is 2.13. The van der Waals surface area contributed by atoms with E-state index in [9.17, 15) is 13.2 Å². The van der Waals surface area contributed by atoms with Crippen molar-refractivity contribution in [3.8, 4) is 10.4 Å². The second kappa shape index (κ2) is 5.91. The molecule has 0 saturated carbocycles. The molecule has 0 atom stereocenters. The summed E-state index contributed by atoms with van der Waals surface area (Å²) in [5.41, 5.74) is 1.07. The molecule has 1 N–H and O–H groups in total. The Morgan fingerprint density at radius 1 is 1.00 bits per heavy atom. The minimum Gasteiger partial charge on any atom is -0.378 e. The van der Waals surface area contributed by atoms with Gasteiger partial charge in [-0.3, -0.25) is 0 Å². The van der Waals surface area contributed by atoms with Gasteiger partial charge in [0.15, 0.2) is 17.5 Å². The summed E-state index contributed by atoms with van der Waals surface area (Å²) in [5.74, 6) is -3.83. The zero-order valence-corrected chi connectivity index (χ0v) is 12.3. The van der Waals surface area contributed by atoms with Gasteiger partial charge in [-0.1, -0.05) is 6.07 Å². The van der Waals surface area contributed by atoms with Crippen LogP contribution in [0.25, 0.3) is 10.4 Å². The van der Waals surface area contributed by atoms with Gasteiger partial charge in [0.1, 0.15) is 0 Å². The maximum atomic E-state index is 13.5. The predicted octanol–water partition coefficient (Wildman–Crippen LogP) is 5.51. The lowest BCUT2D eigenvalue weighted by molar-refractivity contribution is 0.449. The van der Waals surface area contributed by atoms with Crippen LogP contribution in [-0.4, -0.2) is 0 Å². The molecule has 0 amide bonds. The van der Waals surface area contributed by atoms with Crippen molar-refractivity contribution in [1.82, 2.24) is 0 Å². The molecule has 0 saturated heterocycles. The van der Waals surface area contributed by atoms with Crippen molar-refractivity contribution < 1.29 is 13.2 Å². The SMILES string of the molecule is Fc1ccc(NCc2cc(-c3cccs3)cs2)c(F)c1F. The summed E-state index contributed by atoms with van der Waals surface area (Å²) in [6.07, 6.45) is 0. The third kappa shape index (κ3) is 2.96. The Balaban J connectivity index is 1.72. The minimum atomic E-state index is -1.45. The quantitative estimate of drug-likeness (QED) is 0.624. The highest BCUT2D eigenvalue weighted by Crippen LogP contribution is 2.30. The number of rotatable bonds is 4. The first-order valence-electron chi connectivity index (χ1n) is 6.14. The summed E-state index contributed by atoms with van der Waals surface area (Å²) in [5, 5.41) is 6.81. The third-order valence-corrected chi connectivity index (χ3v) is 4.80. The van der Waals surface area contributed by atoms with Crippen LogP contribution in [0.15, 0.2) is 41.1 Å². The van der Waals surface area contributed by atoms with E-state index in [1.807, 2.05) is 29.0 Å². The lowest BCUT2D eigenvalue weighted by atomic mass is 10.2. The van der Waals surface area contributed by atoms with E-state index in [0.717, 1.165) is 21.4 Å². The standard InChI is InChI=1S/C15H10F3NS2/c16-11-3-4-12(15(18)14(11)17)19-7-10-6-9(8-21-10)13-2-1-5-20-13/h1-6,8,19H,7H2. The van der Waals surface area contributed by atoms with Crippen LogP contribution in [0.4, 0.5) is 18.9 Å². The Hall–Kier alpha value is -1.79. The van der Waals surface area contributed by atoms with E-state index in [1.54, 1.807) is 11.3 Å². The molecule has 1 aromatic carbocycles. The minimum absolute atomic E-state index is 0.0417. The molecule has 0 fully saturated rings. The summed E-state index contributed by atoms with van der Waals surface area (Å²) in [7, 11) is 0. The predicted molar refractivity (Wildman–Crippen MR) is 81.3 cm³/mol. The Morgan fingerprint density at radius 2 is 1.86 bits per heavy atom. The van der Waals surface area contributed by atoms with Crippen LogP contribution < -0.4 is 5.32 Å². The number of hydrogen-bond donors (Lipinski definition) is 1. The van der Waals surface area contributed by atoms with Gasteiger partial charge in [0.25, 0.3) is 0 Å². The molecule has 3 rings (SSSR count). The van der Waals surface area contributed by atoms with Gasteiger partial charge in [-0.15, -0.1) is 22.7 Å². The van der Waals surface area contributed by atoms with Crippen molar-refractivity contribution in [3.63, 3.8) is 0 Å². The van der Waals surface area contributed by atoms with Crippen molar-refractivity contribution in [2.45, 2.75) is 6.54 Å². The normalized spacial score (nSPS) is 10.8. The molecule has 0 radical (unpaired) electrons. The first kappa shape index (κ1) is 14.2.